The van der Waals surface area contributed by atoms with Crippen molar-refractivity contribution in [3.63, 3.8) is 0 Å². The van der Waals surface area contributed by atoms with Gasteiger partial charge in [-0.1, -0.05) is 54.6 Å². The molecule has 1 fully saturated rings. The van der Waals surface area contributed by atoms with Gasteiger partial charge in [0, 0.05) is 18.6 Å². The van der Waals surface area contributed by atoms with Crippen LogP contribution in [-0.2, 0) is 13.0 Å². The molecule has 1 saturated heterocycles. The highest BCUT2D eigenvalue weighted by atomic mass is 15.2. The number of hydrogen-bond donors (Lipinski definition) is 0. The predicted octanol–water partition coefficient (Wildman–Crippen LogP) is 4.66. The molecule has 0 spiro atoms. The lowest BCUT2D eigenvalue weighted by atomic mass is 9.85. The zero-order chi connectivity index (χ0) is 17.1. The summed E-state index contributed by atoms with van der Waals surface area (Å²) in [6, 6.07) is 21.3. The minimum atomic E-state index is 0.621. The Labute approximate surface area is 152 Å². The Balaban J connectivity index is 1.36. The summed E-state index contributed by atoms with van der Waals surface area (Å²) < 4.78 is 0. The van der Waals surface area contributed by atoms with E-state index in [4.69, 9.17) is 0 Å². The van der Waals surface area contributed by atoms with Gasteiger partial charge in [-0.3, -0.25) is 9.80 Å². The SMILES string of the molecule is CN(C1CCN(Cc2ccccc2)CC1)C1CCCc2ccccc21. The van der Waals surface area contributed by atoms with E-state index < -0.39 is 0 Å². The van der Waals surface area contributed by atoms with Gasteiger partial charge in [0.25, 0.3) is 0 Å². The standard InChI is InChI=1S/C23H30N2/c1-24(23-13-7-11-20-10-5-6-12-22(20)23)21-14-16-25(17-15-21)18-19-8-3-2-4-9-19/h2-6,8-10,12,21,23H,7,11,13-18H2,1H3. The first-order chi connectivity index (χ1) is 12.3. The first-order valence-corrected chi connectivity index (χ1v) is 9.87. The molecule has 2 aliphatic rings. The second kappa shape index (κ2) is 7.72. The minimum Gasteiger partial charge on any atom is -0.299 e. The molecule has 0 radical (unpaired) electrons. The molecule has 1 aliphatic carbocycles. The van der Waals surface area contributed by atoms with E-state index in [1.54, 1.807) is 11.1 Å². The molecule has 1 heterocycles. The van der Waals surface area contributed by atoms with E-state index in [0.29, 0.717) is 6.04 Å². The van der Waals surface area contributed by atoms with Crippen LogP contribution in [0.4, 0.5) is 0 Å². The van der Waals surface area contributed by atoms with E-state index >= 15 is 0 Å². The smallest absolute Gasteiger partial charge is 0.0350 e. The lowest BCUT2D eigenvalue weighted by molar-refractivity contribution is 0.0858. The van der Waals surface area contributed by atoms with E-state index in [-0.39, 0.29) is 0 Å². The van der Waals surface area contributed by atoms with Crippen molar-refractivity contribution in [2.24, 2.45) is 0 Å². The Hall–Kier alpha value is -1.64. The highest BCUT2D eigenvalue weighted by Gasteiger charge is 2.30. The second-order valence-electron chi connectivity index (χ2n) is 7.77. The molecule has 2 heteroatoms. The normalized spacial score (nSPS) is 22.1. The average Bonchev–Trinajstić information content (AvgIpc) is 2.68. The van der Waals surface area contributed by atoms with Crippen LogP contribution < -0.4 is 0 Å². The van der Waals surface area contributed by atoms with Crippen molar-refractivity contribution >= 4 is 0 Å². The van der Waals surface area contributed by atoms with E-state index in [9.17, 15) is 0 Å². The molecule has 2 aromatic rings. The molecule has 0 saturated carbocycles. The molecule has 2 nitrogen and oxygen atoms in total. The lowest BCUT2D eigenvalue weighted by Gasteiger charge is -2.42. The van der Waals surface area contributed by atoms with Gasteiger partial charge in [-0.15, -0.1) is 0 Å². The quantitative estimate of drug-likeness (QED) is 0.802. The van der Waals surface area contributed by atoms with Crippen molar-refractivity contribution in [2.75, 3.05) is 20.1 Å². The number of fused-ring (bicyclic) bond motifs is 1. The zero-order valence-corrected chi connectivity index (χ0v) is 15.4. The Morgan fingerprint density at radius 1 is 0.920 bits per heavy atom. The van der Waals surface area contributed by atoms with Gasteiger partial charge >= 0.3 is 0 Å². The first-order valence-electron chi connectivity index (χ1n) is 9.87. The highest BCUT2D eigenvalue weighted by Crippen LogP contribution is 2.36. The second-order valence-corrected chi connectivity index (χ2v) is 7.77. The maximum Gasteiger partial charge on any atom is 0.0350 e. The fourth-order valence-corrected chi connectivity index (χ4v) is 4.73. The molecule has 1 atom stereocenters. The van der Waals surface area contributed by atoms with Gasteiger partial charge in [0.15, 0.2) is 0 Å². The Morgan fingerprint density at radius 3 is 2.44 bits per heavy atom. The summed E-state index contributed by atoms with van der Waals surface area (Å²) in [7, 11) is 2.37. The van der Waals surface area contributed by atoms with Gasteiger partial charge in [-0.2, -0.15) is 0 Å². The van der Waals surface area contributed by atoms with E-state index in [0.717, 1.165) is 12.6 Å². The summed E-state index contributed by atoms with van der Waals surface area (Å²) in [6.45, 7) is 3.54. The van der Waals surface area contributed by atoms with Crippen LogP contribution in [-0.4, -0.2) is 36.0 Å². The number of rotatable bonds is 4. The molecule has 0 N–H and O–H groups in total. The molecule has 25 heavy (non-hydrogen) atoms. The van der Waals surface area contributed by atoms with Crippen LogP contribution >= 0.6 is 0 Å². The average molecular weight is 335 g/mol. The molecular weight excluding hydrogens is 304 g/mol. The fourth-order valence-electron chi connectivity index (χ4n) is 4.73. The summed E-state index contributed by atoms with van der Waals surface area (Å²) in [5, 5.41) is 0. The van der Waals surface area contributed by atoms with Gasteiger partial charge < -0.3 is 0 Å². The molecule has 132 valence electrons. The molecular formula is C23H30N2. The number of hydrogen-bond acceptors (Lipinski definition) is 2. The molecule has 0 aromatic heterocycles. The molecule has 1 aliphatic heterocycles. The molecule has 2 aromatic carbocycles. The van der Waals surface area contributed by atoms with Crippen LogP contribution in [0.5, 0.6) is 0 Å². The molecule has 4 rings (SSSR count). The van der Waals surface area contributed by atoms with E-state index in [2.05, 4.69) is 71.4 Å². The van der Waals surface area contributed by atoms with Crippen LogP contribution in [0.25, 0.3) is 0 Å². The number of aryl methyl sites for hydroxylation is 1. The topological polar surface area (TPSA) is 6.48 Å². The Morgan fingerprint density at radius 2 is 1.64 bits per heavy atom. The van der Waals surface area contributed by atoms with Crippen LogP contribution in [0.15, 0.2) is 54.6 Å². The van der Waals surface area contributed by atoms with Gasteiger partial charge in [0.2, 0.25) is 0 Å². The summed E-state index contributed by atoms with van der Waals surface area (Å²) in [6.07, 6.45) is 6.50. The minimum absolute atomic E-state index is 0.621. The Bertz CT molecular complexity index is 674. The molecule has 0 amide bonds. The zero-order valence-electron chi connectivity index (χ0n) is 15.4. The maximum atomic E-state index is 2.69. The van der Waals surface area contributed by atoms with Crippen LogP contribution in [0.3, 0.4) is 0 Å². The van der Waals surface area contributed by atoms with E-state index in [1.807, 2.05) is 0 Å². The molecule has 1 unspecified atom stereocenters. The highest BCUT2D eigenvalue weighted by molar-refractivity contribution is 5.32. The summed E-state index contributed by atoms with van der Waals surface area (Å²) >= 11 is 0. The third-order valence-electron chi connectivity index (χ3n) is 6.21. The van der Waals surface area contributed by atoms with Crippen LogP contribution in [0, 0.1) is 0 Å². The van der Waals surface area contributed by atoms with Crippen molar-refractivity contribution < 1.29 is 0 Å². The number of piperidine rings is 1. The fraction of sp³-hybridized carbons (Fsp3) is 0.478. The first kappa shape index (κ1) is 16.8. The van der Waals surface area contributed by atoms with Crippen molar-refractivity contribution in [1.82, 2.24) is 9.80 Å². The largest absolute Gasteiger partial charge is 0.299 e. The van der Waals surface area contributed by atoms with Gasteiger partial charge in [-0.25, -0.2) is 0 Å². The van der Waals surface area contributed by atoms with Crippen molar-refractivity contribution in [2.45, 2.75) is 50.7 Å². The van der Waals surface area contributed by atoms with Gasteiger partial charge in [0.05, 0.1) is 0 Å². The van der Waals surface area contributed by atoms with Crippen molar-refractivity contribution in [3.8, 4) is 0 Å². The van der Waals surface area contributed by atoms with Gasteiger partial charge in [0.1, 0.15) is 0 Å². The lowest BCUT2D eigenvalue weighted by Crippen LogP contribution is -2.44. The van der Waals surface area contributed by atoms with Crippen LogP contribution in [0.1, 0.15) is 48.4 Å². The number of nitrogens with zero attached hydrogens (tertiary/aromatic N) is 2. The summed E-state index contributed by atoms with van der Waals surface area (Å²) in [5.74, 6) is 0. The van der Waals surface area contributed by atoms with E-state index in [1.165, 1.54) is 50.8 Å². The van der Waals surface area contributed by atoms with Crippen molar-refractivity contribution in [3.05, 3.63) is 71.3 Å². The maximum absolute atomic E-state index is 2.69. The van der Waals surface area contributed by atoms with Gasteiger partial charge in [-0.05, 0) is 68.9 Å². The third kappa shape index (κ3) is 3.80. The molecule has 0 bridgehead atoms. The summed E-state index contributed by atoms with van der Waals surface area (Å²) in [4.78, 5) is 5.31. The number of likely N-dealkylation sites (tertiary alicyclic amines) is 1. The van der Waals surface area contributed by atoms with Crippen molar-refractivity contribution in [1.29, 1.82) is 0 Å². The van der Waals surface area contributed by atoms with Crippen LogP contribution in [0.2, 0.25) is 0 Å². The monoisotopic (exact) mass is 334 g/mol. The Kier molecular flexibility index (Phi) is 5.19. The summed E-state index contributed by atoms with van der Waals surface area (Å²) in [5.41, 5.74) is 4.60. The number of benzene rings is 2. The predicted molar refractivity (Wildman–Crippen MR) is 105 cm³/mol. The third-order valence-corrected chi connectivity index (χ3v) is 6.21.